The molecule has 0 heterocycles. The molecular weight excluding hydrogens is 372 g/mol. The quantitative estimate of drug-likeness (QED) is 0.734. The van der Waals surface area contributed by atoms with Gasteiger partial charge < -0.3 is 4.90 Å². The minimum absolute atomic E-state index is 0.0552. The van der Waals surface area contributed by atoms with Gasteiger partial charge in [-0.25, -0.2) is 13.1 Å². The molecule has 2 aromatic carbocycles. The summed E-state index contributed by atoms with van der Waals surface area (Å²) in [6.45, 7) is 5.95. The van der Waals surface area contributed by atoms with E-state index in [1.165, 1.54) is 24.3 Å². The van der Waals surface area contributed by atoms with Crippen LogP contribution in [0.3, 0.4) is 0 Å². The molecule has 0 saturated carbocycles. The lowest BCUT2D eigenvalue weighted by molar-refractivity contribution is 0.0784. The fourth-order valence-electron chi connectivity index (χ4n) is 2.42. The van der Waals surface area contributed by atoms with Gasteiger partial charge in [-0.3, -0.25) is 4.79 Å². The highest BCUT2D eigenvalue weighted by Crippen LogP contribution is 2.23. The van der Waals surface area contributed by atoms with E-state index in [4.69, 9.17) is 11.6 Å². The first-order valence-corrected chi connectivity index (χ1v) is 9.82. The zero-order valence-corrected chi connectivity index (χ0v) is 16.3. The molecule has 0 aliphatic heterocycles. The van der Waals surface area contributed by atoms with Gasteiger partial charge in [0.15, 0.2) is 0 Å². The predicted molar refractivity (Wildman–Crippen MR) is 104 cm³/mol. The smallest absolute Gasteiger partial charge is 0.253 e. The Labute approximate surface area is 159 Å². The maximum atomic E-state index is 12.7. The summed E-state index contributed by atoms with van der Waals surface area (Å²) in [7, 11) is -2.15. The number of carbonyl (C=O) groups is 1. The molecule has 0 aliphatic carbocycles. The van der Waals surface area contributed by atoms with E-state index in [-0.39, 0.29) is 27.9 Å². The minimum atomic E-state index is -3.82. The third kappa shape index (κ3) is 4.72. The highest BCUT2D eigenvalue weighted by atomic mass is 35.5. The normalized spacial score (nSPS) is 11.2. The summed E-state index contributed by atoms with van der Waals surface area (Å²) in [5.41, 5.74) is 2.36. The van der Waals surface area contributed by atoms with Crippen LogP contribution in [0.25, 0.3) is 0 Å². The maximum absolute atomic E-state index is 12.7. The molecule has 0 bridgehead atoms. The first kappa shape index (κ1) is 20.2. The number of sulfonamides is 1. The van der Waals surface area contributed by atoms with Gasteiger partial charge in [0.25, 0.3) is 5.91 Å². The minimum Gasteiger partial charge on any atom is -0.337 e. The topological polar surface area (TPSA) is 66.5 Å². The largest absolute Gasteiger partial charge is 0.337 e. The monoisotopic (exact) mass is 392 g/mol. The van der Waals surface area contributed by atoms with E-state index in [0.29, 0.717) is 6.54 Å². The molecular formula is C19H21ClN2O3S. The summed E-state index contributed by atoms with van der Waals surface area (Å²) < 4.78 is 27.0. The average molecular weight is 393 g/mol. The van der Waals surface area contributed by atoms with Crippen molar-refractivity contribution >= 4 is 27.5 Å². The van der Waals surface area contributed by atoms with Gasteiger partial charge in [0.05, 0.1) is 5.02 Å². The summed E-state index contributed by atoms with van der Waals surface area (Å²) in [5, 5.41) is 0.0552. The highest BCUT2D eigenvalue weighted by Gasteiger charge is 2.21. The van der Waals surface area contributed by atoms with E-state index in [0.717, 1.165) is 11.1 Å². The summed E-state index contributed by atoms with van der Waals surface area (Å²) in [6, 6.07) is 12.0. The molecule has 5 nitrogen and oxygen atoms in total. The van der Waals surface area contributed by atoms with Crippen LogP contribution in [-0.4, -0.2) is 32.8 Å². The van der Waals surface area contributed by atoms with Gasteiger partial charge in [-0.1, -0.05) is 41.9 Å². The lowest BCUT2D eigenvalue weighted by Gasteiger charge is -2.19. The number of hydrogen-bond acceptors (Lipinski definition) is 3. The third-order valence-electron chi connectivity index (χ3n) is 3.90. The van der Waals surface area contributed by atoms with Crippen LogP contribution in [0, 0.1) is 6.92 Å². The summed E-state index contributed by atoms with van der Waals surface area (Å²) >= 11 is 6.02. The molecule has 26 heavy (non-hydrogen) atoms. The van der Waals surface area contributed by atoms with Crippen LogP contribution >= 0.6 is 11.6 Å². The molecule has 0 fully saturated rings. The van der Waals surface area contributed by atoms with Crippen molar-refractivity contribution in [1.82, 2.24) is 9.62 Å². The van der Waals surface area contributed by atoms with Crippen molar-refractivity contribution in [3.05, 3.63) is 76.8 Å². The van der Waals surface area contributed by atoms with Crippen LogP contribution in [0.15, 0.2) is 60.0 Å². The van der Waals surface area contributed by atoms with Crippen LogP contribution < -0.4 is 4.72 Å². The Kier molecular flexibility index (Phi) is 6.58. The van der Waals surface area contributed by atoms with Gasteiger partial charge in [0.1, 0.15) is 4.90 Å². The Bertz CT molecular complexity index is 926. The Morgan fingerprint density at radius 1 is 1.27 bits per heavy atom. The van der Waals surface area contributed by atoms with Crippen LogP contribution in [0.5, 0.6) is 0 Å². The number of nitrogens with one attached hydrogen (secondary N) is 1. The second kappa shape index (κ2) is 8.49. The molecule has 0 atom stereocenters. The molecule has 2 aromatic rings. The van der Waals surface area contributed by atoms with Crippen LogP contribution in [0.1, 0.15) is 21.5 Å². The van der Waals surface area contributed by atoms with Crippen molar-refractivity contribution in [1.29, 1.82) is 0 Å². The van der Waals surface area contributed by atoms with Crippen LogP contribution in [-0.2, 0) is 16.6 Å². The third-order valence-corrected chi connectivity index (χ3v) is 5.81. The first-order chi connectivity index (χ1) is 12.3. The number of hydrogen-bond donors (Lipinski definition) is 1. The molecule has 0 unspecified atom stereocenters. The molecule has 138 valence electrons. The van der Waals surface area contributed by atoms with E-state index in [9.17, 15) is 13.2 Å². The van der Waals surface area contributed by atoms with Gasteiger partial charge in [-0.15, -0.1) is 6.58 Å². The van der Waals surface area contributed by atoms with Crippen molar-refractivity contribution in [3.63, 3.8) is 0 Å². The molecule has 1 amide bonds. The van der Waals surface area contributed by atoms with E-state index in [1.54, 1.807) is 11.9 Å². The molecule has 2 rings (SSSR count). The van der Waals surface area contributed by atoms with Gasteiger partial charge in [0, 0.05) is 25.7 Å². The van der Waals surface area contributed by atoms with Crippen molar-refractivity contribution < 1.29 is 13.2 Å². The van der Waals surface area contributed by atoms with Crippen LogP contribution in [0.4, 0.5) is 0 Å². The Balaban J connectivity index is 2.28. The van der Waals surface area contributed by atoms with Gasteiger partial charge in [-0.05, 0) is 36.2 Å². The zero-order valence-electron chi connectivity index (χ0n) is 14.7. The van der Waals surface area contributed by atoms with Crippen molar-refractivity contribution in [3.8, 4) is 0 Å². The van der Waals surface area contributed by atoms with E-state index >= 15 is 0 Å². The summed E-state index contributed by atoms with van der Waals surface area (Å²) in [4.78, 5) is 14.1. The number of halogens is 1. The van der Waals surface area contributed by atoms with Crippen molar-refractivity contribution in [2.45, 2.75) is 18.4 Å². The van der Waals surface area contributed by atoms with Crippen molar-refractivity contribution in [2.24, 2.45) is 0 Å². The Hall–Kier alpha value is -2.15. The van der Waals surface area contributed by atoms with E-state index in [2.05, 4.69) is 11.3 Å². The van der Waals surface area contributed by atoms with Crippen LogP contribution in [0.2, 0.25) is 5.02 Å². The second-order valence-corrected chi connectivity index (χ2v) is 8.02. The lowest BCUT2D eigenvalue weighted by atomic mass is 10.1. The number of amides is 1. The van der Waals surface area contributed by atoms with E-state index in [1.807, 2.05) is 31.2 Å². The first-order valence-electron chi connectivity index (χ1n) is 7.96. The Morgan fingerprint density at radius 2 is 1.96 bits per heavy atom. The fraction of sp³-hybridized carbons (Fsp3) is 0.211. The molecule has 0 saturated heterocycles. The molecule has 0 spiro atoms. The number of rotatable bonds is 7. The summed E-state index contributed by atoms with van der Waals surface area (Å²) in [5.74, 6) is -0.287. The lowest BCUT2D eigenvalue weighted by Crippen LogP contribution is -2.28. The number of aryl methyl sites for hydroxylation is 1. The molecule has 0 radical (unpaired) electrons. The van der Waals surface area contributed by atoms with Crippen molar-refractivity contribution in [2.75, 3.05) is 13.6 Å². The zero-order chi connectivity index (χ0) is 19.3. The van der Waals surface area contributed by atoms with Gasteiger partial charge in [0.2, 0.25) is 10.0 Å². The number of nitrogens with zero attached hydrogens (tertiary/aromatic N) is 1. The predicted octanol–water partition coefficient (Wildman–Crippen LogP) is 3.38. The number of carbonyl (C=O) groups excluding carboxylic acids is 1. The molecule has 0 aromatic heterocycles. The van der Waals surface area contributed by atoms with Gasteiger partial charge >= 0.3 is 0 Å². The average Bonchev–Trinajstić information content (AvgIpc) is 2.61. The molecule has 1 N–H and O–H groups in total. The highest BCUT2D eigenvalue weighted by molar-refractivity contribution is 7.89. The molecule has 7 heteroatoms. The Morgan fingerprint density at radius 3 is 2.62 bits per heavy atom. The van der Waals surface area contributed by atoms with E-state index < -0.39 is 10.0 Å². The SMILES string of the molecule is C=CCNS(=O)(=O)c1cc(C(=O)N(C)Cc2ccccc2C)ccc1Cl. The standard InChI is InChI=1S/C19H21ClN2O3S/c1-4-11-21-26(24,25)18-12-15(9-10-17(18)20)19(23)22(3)13-16-8-6-5-7-14(16)2/h4-10,12,21H,1,11,13H2,2-3H3. The maximum Gasteiger partial charge on any atom is 0.253 e. The molecule has 0 aliphatic rings. The van der Waals surface area contributed by atoms with Gasteiger partial charge in [-0.2, -0.15) is 0 Å². The summed E-state index contributed by atoms with van der Waals surface area (Å²) in [6.07, 6.45) is 1.43. The second-order valence-electron chi connectivity index (χ2n) is 5.87. The fourth-order valence-corrected chi connectivity index (χ4v) is 3.95. The number of benzene rings is 2.